The molecule has 1 aliphatic rings. The van der Waals surface area contributed by atoms with Gasteiger partial charge in [0.25, 0.3) is 5.91 Å². The summed E-state index contributed by atoms with van der Waals surface area (Å²) in [5.74, 6) is -0.385. The van der Waals surface area contributed by atoms with Gasteiger partial charge in [0, 0.05) is 28.4 Å². The normalized spacial score (nSPS) is 15.2. The van der Waals surface area contributed by atoms with E-state index in [1.54, 1.807) is 49.5 Å². The van der Waals surface area contributed by atoms with Crippen molar-refractivity contribution in [3.05, 3.63) is 89.1 Å². The van der Waals surface area contributed by atoms with E-state index in [9.17, 15) is 13.2 Å². The molecule has 7 nitrogen and oxygen atoms in total. The summed E-state index contributed by atoms with van der Waals surface area (Å²) in [6, 6.07) is 20.0. The minimum absolute atomic E-state index is 0.0386. The van der Waals surface area contributed by atoms with Crippen LogP contribution in [-0.2, 0) is 14.8 Å². The highest BCUT2D eigenvalue weighted by atomic mass is 35.5. The summed E-state index contributed by atoms with van der Waals surface area (Å²) in [7, 11) is -3.44. The Labute approximate surface area is 208 Å². The first-order chi connectivity index (χ1) is 16.8. The molecule has 1 aliphatic heterocycles. The summed E-state index contributed by atoms with van der Waals surface area (Å²) in [5, 5.41) is 5.45. The first-order valence-corrected chi connectivity index (χ1v) is 13.0. The van der Waals surface area contributed by atoms with E-state index in [0.717, 1.165) is 16.5 Å². The second kappa shape index (κ2) is 9.30. The van der Waals surface area contributed by atoms with Crippen LogP contribution in [0.25, 0.3) is 22.0 Å². The molecule has 5 rings (SSSR count). The van der Waals surface area contributed by atoms with Crippen molar-refractivity contribution in [2.45, 2.75) is 6.92 Å². The molecule has 35 heavy (non-hydrogen) atoms. The Bertz CT molecular complexity index is 1550. The molecule has 0 aliphatic carbocycles. The van der Waals surface area contributed by atoms with Gasteiger partial charge >= 0.3 is 0 Å². The minimum atomic E-state index is -3.44. The first kappa shape index (κ1) is 23.3. The van der Waals surface area contributed by atoms with Crippen LogP contribution in [0, 0.1) is 6.92 Å². The van der Waals surface area contributed by atoms with E-state index in [-0.39, 0.29) is 25.0 Å². The van der Waals surface area contributed by atoms with Crippen molar-refractivity contribution in [3.63, 3.8) is 0 Å². The number of hydrogen-bond acceptors (Lipinski definition) is 5. The van der Waals surface area contributed by atoms with Gasteiger partial charge in [0.1, 0.15) is 6.73 Å². The zero-order valence-corrected chi connectivity index (χ0v) is 20.4. The molecule has 0 bridgehead atoms. The van der Waals surface area contributed by atoms with E-state index in [1.165, 1.54) is 4.31 Å². The molecule has 0 unspecified atom stereocenters. The summed E-state index contributed by atoms with van der Waals surface area (Å²) in [6.45, 7) is 1.90. The quantitative estimate of drug-likeness (QED) is 0.408. The highest BCUT2D eigenvalue weighted by Gasteiger charge is 2.27. The second-order valence-electron chi connectivity index (χ2n) is 8.23. The Morgan fingerprint density at radius 1 is 1.09 bits per heavy atom. The average molecular weight is 508 g/mol. The molecule has 3 aromatic carbocycles. The Morgan fingerprint density at radius 2 is 1.91 bits per heavy atom. The molecular formula is C26H22ClN3O4S. The Hall–Kier alpha value is -3.46. The molecule has 9 heteroatoms. The van der Waals surface area contributed by atoms with Crippen LogP contribution < -0.4 is 9.62 Å². The highest BCUT2D eigenvalue weighted by Crippen LogP contribution is 2.34. The van der Waals surface area contributed by atoms with Crippen molar-refractivity contribution in [3.8, 4) is 11.3 Å². The molecule has 0 spiro atoms. The topological polar surface area (TPSA) is 88.6 Å². The fourth-order valence-electron chi connectivity index (χ4n) is 4.11. The van der Waals surface area contributed by atoms with E-state index in [0.29, 0.717) is 33.1 Å². The number of sulfonamides is 1. The van der Waals surface area contributed by atoms with Crippen LogP contribution in [0.2, 0.25) is 5.02 Å². The fourth-order valence-corrected chi connectivity index (χ4v) is 5.54. The third-order valence-electron chi connectivity index (χ3n) is 5.93. The highest BCUT2D eigenvalue weighted by molar-refractivity contribution is 7.92. The van der Waals surface area contributed by atoms with Crippen LogP contribution in [0.15, 0.2) is 72.9 Å². The summed E-state index contributed by atoms with van der Waals surface area (Å²) < 4.78 is 31.2. The molecule has 2 heterocycles. The number of carbonyl (C=O) groups is 1. The summed E-state index contributed by atoms with van der Waals surface area (Å²) >= 11 is 6.51. The van der Waals surface area contributed by atoms with Gasteiger partial charge in [-0.3, -0.25) is 9.78 Å². The minimum Gasteiger partial charge on any atom is -0.359 e. The molecule has 178 valence electrons. The molecule has 0 saturated carbocycles. The predicted octanol–water partition coefficient (Wildman–Crippen LogP) is 5.24. The van der Waals surface area contributed by atoms with Crippen molar-refractivity contribution in [1.29, 1.82) is 0 Å². The second-order valence-corrected chi connectivity index (χ2v) is 10.7. The predicted molar refractivity (Wildman–Crippen MR) is 138 cm³/mol. The van der Waals surface area contributed by atoms with E-state index in [2.05, 4.69) is 10.3 Å². The Balaban J connectivity index is 1.43. The van der Waals surface area contributed by atoms with E-state index in [4.69, 9.17) is 16.3 Å². The van der Waals surface area contributed by atoms with Gasteiger partial charge in [-0.1, -0.05) is 35.9 Å². The zero-order chi connectivity index (χ0) is 24.6. The standard InChI is InChI=1S/C26H22ClN3O4S/c1-17-14-20(30-16-34-12-13-35(30,32)33)7-8-21(17)26(31)29-19-6-9-24(27)23(15-19)25-22-5-3-2-4-18(22)10-11-28-25/h2-11,14-15H,12-13,16H2,1H3,(H,29,31). The maximum absolute atomic E-state index is 13.1. The molecule has 1 fully saturated rings. The summed E-state index contributed by atoms with van der Waals surface area (Å²) in [4.78, 5) is 17.6. The lowest BCUT2D eigenvalue weighted by Gasteiger charge is -2.28. The average Bonchev–Trinajstić information content (AvgIpc) is 2.84. The van der Waals surface area contributed by atoms with Crippen molar-refractivity contribution >= 4 is 49.7 Å². The van der Waals surface area contributed by atoms with Crippen molar-refractivity contribution in [2.75, 3.05) is 28.7 Å². The molecule has 1 N–H and O–H groups in total. The van der Waals surface area contributed by atoms with E-state index < -0.39 is 10.0 Å². The molecule has 1 saturated heterocycles. The lowest BCUT2D eigenvalue weighted by Crippen LogP contribution is -2.41. The number of ether oxygens (including phenoxy) is 1. The summed E-state index contributed by atoms with van der Waals surface area (Å²) in [5.41, 5.74) is 3.56. The number of nitrogens with zero attached hydrogens (tertiary/aromatic N) is 2. The lowest BCUT2D eigenvalue weighted by molar-refractivity contribution is 0.102. The van der Waals surface area contributed by atoms with E-state index >= 15 is 0 Å². The number of aromatic nitrogens is 1. The number of benzene rings is 3. The number of nitrogens with one attached hydrogen (secondary N) is 1. The fraction of sp³-hybridized carbons (Fsp3) is 0.154. The van der Waals surface area contributed by atoms with Gasteiger partial charge in [0.2, 0.25) is 10.0 Å². The molecular weight excluding hydrogens is 486 g/mol. The number of carbonyl (C=O) groups excluding carboxylic acids is 1. The third-order valence-corrected chi connectivity index (χ3v) is 7.93. The van der Waals surface area contributed by atoms with Gasteiger partial charge in [0.15, 0.2) is 0 Å². The Morgan fingerprint density at radius 3 is 2.71 bits per heavy atom. The number of pyridine rings is 1. The van der Waals surface area contributed by atoms with Crippen LogP contribution in [0.5, 0.6) is 0 Å². The van der Waals surface area contributed by atoms with Gasteiger partial charge in [-0.15, -0.1) is 0 Å². The van der Waals surface area contributed by atoms with E-state index in [1.807, 2.05) is 30.3 Å². The SMILES string of the molecule is Cc1cc(N2COCCS2(=O)=O)ccc1C(=O)Nc1ccc(Cl)c(-c2nccc3ccccc23)c1. The van der Waals surface area contributed by atoms with Crippen molar-refractivity contribution < 1.29 is 17.9 Å². The number of halogens is 1. The lowest BCUT2D eigenvalue weighted by atomic mass is 10.0. The molecule has 1 aromatic heterocycles. The van der Waals surface area contributed by atoms with Crippen molar-refractivity contribution in [1.82, 2.24) is 4.98 Å². The van der Waals surface area contributed by atoms with Crippen molar-refractivity contribution in [2.24, 2.45) is 0 Å². The van der Waals surface area contributed by atoms with Crippen LogP contribution in [0.4, 0.5) is 11.4 Å². The van der Waals surface area contributed by atoms with Crippen LogP contribution in [0.1, 0.15) is 15.9 Å². The van der Waals surface area contributed by atoms with Crippen LogP contribution >= 0.6 is 11.6 Å². The molecule has 0 atom stereocenters. The van der Waals surface area contributed by atoms with Gasteiger partial charge in [0.05, 0.1) is 28.8 Å². The molecule has 0 radical (unpaired) electrons. The van der Waals surface area contributed by atoms with Gasteiger partial charge in [-0.05, 0) is 60.3 Å². The Kier molecular flexibility index (Phi) is 6.19. The van der Waals surface area contributed by atoms with Crippen LogP contribution in [0.3, 0.4) is 0 Å². The monoisotopic (exact) mass is 507 g/mol. The van der Waals surface area contributed by atoms with Gasteiger partial charge in [-0.2, -0.15) is 0 Å². The maximum Gasteiger partial charge on any atom is 0.255 e. The zero-order valence-electron chi connectivity index (χ0n) is 18.9. The number of aryl methyl sites for hydroxylation is 1. The van der Waals surface area contributed by atoms with Crippen LogP contribution in [-0.4, -0.2) is 38.4 Å². The summed E-state index contributed by atoms with van der Waals surface area (Å²) in [6.07, 6.45) is 1.73. The number of fused-ring (bicyclic) bond motifs is 1. The largest absolute Gasteiger partial charge is 0.359 e. The first-order valence-electron chi connectivity index (χ1n) is 11.0. The smallest absolute Gasteiger partial charge is 0.255 e. The number of hydrogen-bond donors (Lipinski definition) is 1. The van der Waals surface area contributed by atoms with Gasteiger partial charge in [-0.25, -0.2) is 12.7 Å². The third kappa shape index (κ3) is 4.60. The number of rotatable bonds is 4. The molecule has 4 aromatic rings. The van der Waals surface area contributed by atoms with Gasteiger partial charge < -0.3 is 10.1 Å². The maximum atomic E-state index is 13.1. The number of amides is 1. The number of anilines is 2. The molecule has 1 amide bonds.